The molecule has 84 valence electrons. The monoisotopic (exact) mass is 231 g/mol. The minimum atomic E-state index is -1.08. The Balaban J connectivity index is 3.47. The predicted octanol–water partition coefficient (Wildman–Crippen LogP) is -0.839. The van der Waals surface area contributed by atoms with Crippen LogP contribution in [-0.4, -0.2) is 41.1 Å². The molecule has 0 fully saturated rings. The van der Waals surface area contributed by atoms with Gasteiger partial charge in [-0.05, 0) is 0 Å². The van der Waals surface area contributed by atoms with Crippen LogP contribution in [0.2, 0.25) is 0 Å². The molecule has 0 aliphatic rings. The first kappa shape index (κ1) is 13.7. The van der Waals surface area contributed by atoms with Crippen molar-refractivity contribution in [1.29, 1.82) is 5.26 Å². The molecule has 0 unspecified atom stereocenters. The molecule has 4 N–H and O–H groups in total. The number of aliphatic carboxylic acids is 1. The van der Waals surface area contributed by atoms with Gasteiger partial charge < -0.3 is 16.2 Å². The van der Waals surface area contributed by atoms with Gasteiger partial charge in [0.1, 0.15) is 6.04 Å². The lowest BCUT2D eigenvalue weighted by atomic mass is 10.4. The molecule has 0 aromatic carbocycles. The lowest BCUT2D eigenvalue weighted by Crippen LogP contribution is -2.33. The summed E-state index contributed by atoms with van der Waals surface area (Å²) in [5.74, 6) is -0.937. The summed E-state index contributed by atoms with van der Waals surface area (Å²) in [5.41, 5.74) is 5.23. The van der Waals surface area contributed by atoms with Crippen LogP contribution in [0.25, 0.3) is 0 Å². The molecule has 0 heterocycles. The molecule has 0 saturated carbocycles. The zero-order chi connectivity index (χ0) is 11.7. The number of nitrogens with zero attached hydrogens (tertiary/aromatic N) is 1. The summed E-state index contributed by atoms with van der Waals surface area (Å²) in [4.78, 5) is 21.4. The van der Waals surface area contributed by atoms with Gasteiger partial charge in [-0.25, -0.2) is 0 Å². The number of carbonyl (C=O) groups excluding carboxylic acids is 1. The Labute approximate surface area is 91.8 Å². The molecule has 0 spiro atoms. The Hall–Kier alpha value is -1.26. The largest absolute Gasteiger partial charge is 0.480 e. The van der Waals surface area contributed by atoms with E-state index >= 15 is 0 Å². The molecule has 0 aromatic rings. The number of thioether (sulfide) groups is 1. The maximum Gasteiger partial charge on any atom is 0.321 e. The van der Waals surface area contributed by atoms with Crippen molar-refractivity contribution in [3.05, 3.63) is 0 Å². The maximum atomic E-state index is 11.0. The lowest BCUT2D eigenvalue weighted by Gasteiger charge is -2.05. The van der Waals surface area contributed by atoms with Crippen LogP contribution in [0, 0.1) is 11.3 Å². The Morgan fingerprint density at radius 1 is 1.60 bits per heavy atom. The molecule has 7 heteroatoms. The topological polar surface area (TPSA) is 116 Å². The number of carboxylic acids is 1. The maximum absolute atomic E-state index is 11.0. The van der Waals surface area contributed by atoms with Gasteiger partial charge >= 0.3 is 5.97 Å². The van der Waals surface area contributed by atoms with Gasteiger partial charge in [-0.1, -0.05) is 0 Å². The molecule has 0 radical (unpaired) electrons. The number of carboxylic acid groups (broad SMARTS) is 1. The van der Waals surface area contributed by atoms with Crippen LogP contribution in [0.1, 0.15) is 6.42 Å². The van der Waals surface area contributed by atoms with Crippen LogP contribution in [0.5, 0.6) is 0 Å². The van der Waals surface area contributed by atoms with E-state index in [1.807, 2.05) is 6.07 Å². The third-order valence-corrected chi connectivity index (χ3v) is 2.47. The first-order chi connectivity index (χ1) is 7.07. The van der Waals surface area contributed by atoms with E-state index in [1.165, 1.54) is 0 Å². The Bertz CT molecular complexity index is 264. The smallest absolute Gasteiger partial charge is 0.321 e. The fraction of sp³-hybridized carbons (Fsp3) is 0.625. The van der Waals surface area contributed by atoms with Gasteiger partial charge in [0.15, 0.2) is 0 Å². The number of rotatable bonds is 7. The molecule has 6 nitrogen and oxygen atoms in total. The fourth-order valence-electron chi connectivity index (χ4n) is 0.659. The number of nitrogens with one attached hydrogen (secondary N) is 1. The highest BCUT2D eigenvalue weighted by Crippen LogP contribution is 2.01. The van der Waals surface area contributed by atoms with Crippen molar-refractivity contribution < 1.29 is 14.7 Å². The summed E-state index contributed by atoms with van der Waals surface area (Å²) in [5, 5.41) is 19.2. The molecular formula is C8H13N3O3S. The summed E-state index contributed by atoms with van der Waals surface area (Å²) in [6.45, 7) is 0.320. The van der Waals surface area contributed by atoms with Crippen LogP contribution < -0.4 is 11.1 Å². The van der Waals surface area contributed by atoms with E-state index in [-0.39, 0.29) is 23.8 Å². The molecule has 15 heavy (non-hydrogen) atoms. The number of amides is 1. The number of hydrogen-bond acceptors (Lipinski definition) is 5. The fourth-order valence-corrected chi connectivity index (χ4v) is 1.46. The van der Waals surface area contributed by atoms with E-state index in [1.54, 1.807) is 0 Å². The summed E-state index contributed by atoms with van der Waals surface area (Å²) in [6.07, 6.45) is 0.269. The van der Waals surface area contributed by atoms with Crippen molar-refractivity contribution in [3.8, 4) is 6.07 Å². The van der Waals surface area contributed by atoms with E-state index < -0.39 is 12.0 Å². The third-order valence-electron chi connectivity index (χ3n) is 1.41. The number of carbonyl (C=O) groups is 2. The minimum absolute atomic E-state index is 0.159. The van der Waals surface area contributed by atoms with E-state index in [2.05, 4.69) is 5.32 Å². The standard InChI is InChI=1S/C8H13N3O3S/c9-2-1-3-11-7(12)5-15-4-6(10)8(13)14/h6H,1,3-5,10H2,(H,11,12)(H,13,14)/t6-/m1/s1. The Morgan fingerprint density at radius 3 is 2.80 bits per heavy atom. The first-order valence-electron chi connectivity index (χ1n) is 4.27. The zero-order valence-corrected chi connectivity index (χ0v) is 8.92. The van der Waals surface area contributed by atoms with Crippen LogP contribution in [0.15, 0.2) is 0 Å². The SMILES string of the molecule is N#CCCNC(=O)CSC[C@@H](N)C(=O)O. The van der Waals surface area contributed by atoms with Crippen molar-refractivity contribution in [3.63, 3.8) is 0 Å². The third kappa shape index (κ3) is 7.78. The van der Waals surface area contributed by atoms with Gasteiger partial charge in [0, 0.05) is 12.3 Å². The molecule has 0 bridgehead atoms. The molecular weight excluding hydrogens is 218 g/mol. The van der Waals surface area contributed by atoms with E-state index in [0.717, 1.165) is 11.8 Å². The highest BCUT2D eigenvalue weighted by molar-refractivity contribution is 8.00. The Morgan fingerprint density at radius 2 is 2.27 bits per heavy atom. The highest BCUT2D eigenvalue weighted by Gasteiger charge is 2.11. The number of hydrogen-bond donors (Lipinski definition) is 3. The van der Waals surface area contributed by atoms with Gasteiger partial charge in [0.25, 0.3) is 0 Å². The van der Waals surface area contributed by atoms with Crippen LogP contribution in [-0.2, 0) is 9.59 Å². The normalized spacial score (nSPS) is 11.5. The van der Waals surface area contributed by atoms with Gasteiger partial charge in [-0.15, -0.1) is 11.8 Å². The minimum Gasteiger partial charge on any atom is -0.480 e. The van der Waals surface area contributed by atoms with Crippen molar-refractivity contribution in [1.82, 2.24) is 5.32 Å². The average Bonchev–Trinajstić information content (AvgIpc) is 2.18. The summed E-state index contributed by atoms with van der Waals surface area (Å²) >= 11 is 1.16. The van der Waals surface area contributed by atoms with Crippen molar-refractivity contribution in [2.24, 2.45) is 5.73 Å². The van der Waals surface area contributed by atoms with Crippen molar-refractivity contribution in [2.45, 2.75) is 12.5 Å². The zero-order valence-electron chi connectivity index (χ0n) is 8.10. The summed E-state index contributed by atoms with van der Waals surface area (Å²) in [6, 6.07) is 0.950. The summed E-state index contributed by atoms with van der Waals surface area (Å²) < 4.78 is 0. The number of nitrogens with two attached hydrogens (primary N) is 1. The second kappa shape index (κ2) is 8.08. The first-order valence-corrected chi connectivity index (χ1v) is 5.43. The molecule has 0 saturated heterocycles. The average molecular weight is 231 g/mol. The molecule has 1 atom stereocenters. The lowest BCUT2D eigenvalue weighted by molar-refractivity contribution is -0.138. The van der Waals surface area contributed by atoms with Gasteiger partial charge in [0.2, 0.25) is 5.91 Å². The predicted molar refractivity (Wildman–Crippen MR) is 56.2 cm³/mol. The molecule has 0 aliphatic heterocycles. The van der Waals surface area contributed by atoms with Crippen molar-refractivity contribution >= 4 is 23.6 Å². The van der Waals surface area contributed by atoms with Gasteiger partial charge in [-0.3, -0.25) is 9.59 Å². The Kier molecular flexibility index (Phi) is 7.40. The molecule has 0 aromatic heterocycles. The van der Waals surface area contributed by atoms with Gasteiger partial charge in [0.05, 0.1) is 18.2 Å². The van der Waals surface area contributed by atoms with E-state index in [4.69, 9.17) is 16.1 Å². The summed E-state index contributed by atoms with van der Waals surface area (Å²) in [7, 11) is 0. The van der Waals surface area contributed by atoms with Crippen molar-refractivity contribution in [2.75, 3.05) is 18.1 Å². The number of nitriles is 1. The molecule has 0 aliphatic carbocycles. The van der Waals surface area contributed by atoms with Gasteiger partial charge in [-0.2, -0.15) is 5.26 Å². The second-order valence-electron chi connectivity index (χ2n) is 2.72. The second-order valence-corrected chi connectivity index (χ2v) is 3.75. The highest BCUT2D eigenvalue weighted by atomic mass is 32.2. The van der Waals surface area contributed by atoms with Crippen LogP contribution in [0.4, 0.5) is 0 Å². The molecule has 0 rings (SSSR count). The quantitative estimate of drug-likeness (QED) is 0.492. The van der Waals surface area contributed by atoms with Crippen LogP contribution in [0.3, 0.4) is 0 Å². The van der Waals surface area contributed by atoms with E-state index in [9.17, 15) is 9.59 Å². The molecule has 1 amide bonds. The van der Waals surface area contributed by atoms with E-state index in [0.29, 0.717) is 6.54 Å². The van der Waals surface area contributed by atoms with Crippen LogP contribution >= 0.6 is 11.8 Å².